The molecule has 0 spiro atoms. The maximum atomic E-state index is 12.9. The highest BCUT2D eigenvalue weighted by Crippen LogP contribution is 2.30. The average Bonchev–Trinajstić information content (AvgIpc) is 2.31. The minimum absolute atomic E-state index is 0.111. The molecule has 0 fully saturated rings. The minimum atomic E-state index is -0.501. The molecule has 0 amide bonds. The van der Waals surface area contributed by atoms with E-state index < -0.39 is 11.8 Å². The van der Waals surface area contributed by atoms with Crippen LogP contribution < -0.4 is 5.32 Å². The quantitative estimate of drug-likeness (QED) is 0.621. The van der Waals surface area contributed by atoms with Gasteiger partial charge in [0.25, 0.3) is 0 Å². The van der Waals surface area contributed by atoms with E-state index >= 15 is 0 Å². The number of halogens is 3. The Bertz CT molecular complexity index is 420. The van der Waals surface area contributed by atoms with Gasteiger partial charge in [-0.25, -0.2) is 9.18 Å². The number of anilines is 1. The molecular weight excluding hydrogens is 296 g/mol. The number of esters is 1. The number of rotatable bonds is 7. The largest absolute Gasteiger partial charge is 0.464 e. The zero-order valence-corrected chi connectivity index (χ0v) is 11.9. The standard InChI is InChI=1S/C12H14Cl2FNO3/c1-2-19-11(17)7-18-4-3-16-12-9(13)5-8(15)6-10(12)14/h5-6,16H,2-4,7H2,1H3. The summed E-state index contributed by atoms with van der Waals surface area (Å²) < 4.78 is 22.7. The van der Waals surface area contributed by atoms with Crippen molar-refractivity contribution in [2.24, 2.45) is 0 Å². The van der Waals surface area contributed by atoms with Crippen LogP contribution in [0, 0.1) is 5.82 Å². The second-order valence-electron chi connectivity index (χ2n) is 3.53. The zero-order valence-electron chi connectivity index (χ0n) is 10.3. The predicted molar refractivity (Wildman–Crippen MR) is 72.4 cm³/mol. The highest BCUT2D eigenvalue weighted by molar-refractivity contribution is 6.39. The van der Waals surface area contributed by atoms with Crippen molar-refractivity contribution in [3.05, 3.63) is 28.0 Å². The number of carbonyl (C=O) groups is 1. The van der Waals surface area contributed by atoms with Gasteiger partial charge in [-0.1, -0.05) is 23.2 Å². The Balaban J connectivity index is 2.32. The van der Waals surface area contributed by atoms with Gasteiger partial charge in [-0.3, -0.25) is 0 Å². The van der Waals surface area contributed by atoms with Gasteiger partial charge in [-0.15, -0.1) is 0 Å². The van der Waals surface area contributed by atoms with Gasteiger partial charge < -0.3 is 14.8 Å². The molecule has 0 unspecified atom stereocenters. The summed E-state index contributed by atoms with van der Waals surface area (Å²) in [4.78, 5) is 11.0. The van der Waals surface area contributed by atoms with Gasteiger partial charge in [0.15, 0.2) is 0 Å². The van der Waals surface area contributed by atoms with E-state index in [4.69, 9.17) is 27.9 Å². The second-order valence-corrected chi connectivity index (χ2v) is 4.34. The third kappa shape index (κ3) is 5.63. The van der Waals surface area contributed by atoms with Crippen molar-refractivity contribution in [3.63, 3.8) is 0 Å². The minimum Gasteiger partial charge on any atom is -0.464 e. The molecule has 0 saturated heterocycles. The number of carbonyl (C=O) groups excluding carboxylic acids is 1. The molecule has 0 atom stereocenters. The Morgan fingerprint density at radius 1 is 1.37 bits per heavy atom. The van der Waals surface area contributed by atoms with Crippen LogP contribution in [0.3, 0.4) is 0 Å². The van der Waals surface area contributed by atoms with Crippen LogP contribution in [0.15, 0.2) is 12.1 Å². The third-order valence-electron chi connectivity index (χ3n) is 2.08. The van der Waals surface area contributed by atoms with Crippen molar-refractivity contribution >= 4 is 34.9 Å². The van der Waals surface area contributed by atoms with Gasteiger partial charge in [0.05, 0.1) is 28.9 Å². The van der Waals surface area contributed by atoms with E-state index in [2.05, 4.69) is 10.1 Å². The van der Waals surface area contributed by atoms with Crippen molar-refractivity contribution in [2.45, 2.75) is 6.92 Å². The van der Waals surface area contributed by atoms with Gasteiger partial charge in [-0.05, 0) is 19.1 Å². The van der Waals surface area contributed by atoms with Crippen LogP contribution in [0.5, 0.6) is 0 Å². The number of nitrogens with one attached hydrogen (secondary N) is 1. The van der Waals surface area contributed by atoms with Gasteiger partial charge in [0.1, 0.15) is 12.4 Å². The van der Waals surface area contributed by atoms with Crippen LogP contribution in [0.4, 0.5) is 10.1 Å². The maximum absolute atomic E-state index is 12.9. The van der Waals surface area contributed by atoms with Gasteiger partial charge in [0.2, 0.25) is 0 Å². The molecule has 1 aromatic carbocycles. The molecule has 0 aliphatic heterocycles. The van der Waals surface area contributed by atoms with Crippen molar-refractivity contribution in [1.29, 1.82) is 0 Å². The third-order valence-corrected chi connectivity index (χ3v) is 2.68. The summed E-state index contributed by atoms with van der Waals surface area (Å²) in [7, 11) is 0. The summed E-state index contributed by atoms with van der Waals surface area (Å²) in [6.07, 6.45) is 0. The molecule has 0 radical (unpaired) electrons. The first-order valence-corrected chi connectivity index (χ1v) is 6.42. The van der Waals surface area contributed by atoms with Crippen LogP contribution >= 0.6 is 23.2 Å². The Labute approximate surface area is 120 Å². The molecule has 0 aromatic heterocycles. The van der Waals surface area contributed by atoms with Crippen LogP contribution in [0.1, 0.15) is 6.92 Å². The molecule has 0 heterocycles. The molecule has 0 aliphatic carbocycles. The van der Waals surface area contributed by atoms with E-state index in [0.29, 0.717) is 18.8 Å². The molecule has 0 saturated carbocycles. The Kier molecular flexibility index (Phi) is 6.91. The lowest BCUT2D eigenvalue weighted by atomic mass is 10.3. The lowest BCUT2D eigenvalue weighted by molar-refractivity contribution is -0.148. The first kappa shape index (κ1) is 16.0. The first-order valence-electron chi connectivity index (χ1n) is 5.66. The summed E-state index contributed by atoms with van der Waals surface area (Å²) in [5, 5.41) is 3.29. The highest BCUT2D eigenvalue weighted by atomic mass is 35.5. The molecule has 1 N–H and O–H groups in total. The summed E-state index contributed by atoms with van der Waals surface area (Å²) in [6.45, 7) is 2.58. The van der Waals surface area contributed by atoms with E-state index in [-0.39, 0.29) is 23.3 Å². The van der Waals surface area contributed by atoms with Crippen molar-refractivity contribution in [3.8, 4) is 0 Å². The monoisotopic (exact) mass is 309 g/mol. The number of hydrogen-bond acceptors (Lipinski definition) is 4. The molecule has 0 aliphatic rings. The van der Waals surface area contributed by atoms with Crippen LogP contribution in [-0.2, 0) is 14.3 Å². The van der Waals surface area contributed by atoms with Crippen LogP contribution in [0.25, 0.3) is 0 Å². The fourth-order valence-electron chi connectivity index (χ4n) is 1.32. The Morgan fingerprint density at radius 2 is 2.00 bits per heavy atom. The van der Waals surface area contributed by atoms with Gasteiger partial charge >= 0.3 is 5.97 Å². The second kappa shape index (κ2) is 8.19. The fraction of sp³-hybridized carbons (Fsp3) is 0.417. The topological polar surface area (TPSA) is 47.6 Å². The molecule has 1 aromatic rings. The molecule has 106 valence electrons. The SMILES string of the molecule is CCOC(=O)COCCNc1c(Cl)cc(F)cc1Cl. The first-order chi connectivity index (χ1) is 9.04. The van der Waals surface area contributed by atoms with Gasteiger partial charge in [-0.2, -0.15) is 0 Å². The molecule has 0 bridgehead atoms. The summed E-state index contributed by atoms with van der Waals surface area (Å²) in [6, 6.07) is 2.32. The van der Waals surface area contributed by atoms with Crippen molar-refractivity contribution in [2.75, 3.05) is 31.7 Å². The van der Waals surface area contributed by atoms with Crippen molar-refractivity contribution < 1.29 is 18.7 Å². The number of ether oxygens (including phenoxy) is 2. The summed E-state index contributed by atoms with van der Waals surface area (Å²) >= 11 is 11.7. The molecule has 7 heteroatoms. The predicted octanol–water partition coefficient (Wildman–Crippen LogP) is 3.12. The van der Waals surface area contributed by atoms with Crippen LogP contribution in [-0.4, -0.2) is 32.3 Å². The van der Waals surface area contributed by atoms with Crippen molar-refractivity contribution in [1.82, 2.24) is 0 Å². The van der Waals surface area contributed by atoms with E-state index in [9.17, 15) is 9.18 Å². The maximum Gasteiger partial charge on any atom is 0.332 e. The zero-order chi connectivity index (χ0) is 14.3. The highest BCUT2D eigenvalue weighted by Gasteiger charge is 2.08. The number of benzene rings is 1. The van der Waals surface area contributed by atoms with E-state index in [1.54, 1.807) is 6.92 Å². The van der Waals surface area contributed by atoms with Crippen LogP contribution in [0.2, 0.25) is 10.0 Å². The van der Waals surface area contributed by atoms with E-state index in [1.807, 2.05) is 0 Å². The molecule has 1 rings (SSSR count). The smallest absolute Gasteiger partial charge is 0.332 e. The summed E-state index contributed by atoms with van der Waals surface area (Å²) in [5.74, 6) is -0.917. The molecule has 19 heavy (non-hydrogen) atoms. The van der Waals surface area contributed by atoms with E-state index in [1.165, 1.54) is 0 Å². The van der Waals surface area contributed by atoms with Gasteiger partial charge in [0, 0.05) is 6.54 Å². The normalized spacial score (nSPS) is 10.3. The molecule has 4 nitrogen and oxygen atoms in total. The number of hydrogen-bond donors (Lipinski definition) is 1. The lowest BCUT2D eigenvalue weighted by Crippen LogP contribution is -2.16. The summed E-state index contributed by atoms with van der Waals surface area (Å²) in [5.41, 5.74) is 0.435. The fourth-order valence-corrected chi connectivity index (χ4v) is 1.91. The lowest BCUT2D eigenvalue weighted by Gasteiger charge is -2.10. The van der Waals surface area contributed by atoms with E-state index in [0.717, 1.165) is 12.1 Å². The Hall–Kier alpha value is -1.04. The average molecular weight is 310 g/mol. The Morgan fingerprint density at radius 3 is 2.58 bits per heavy atom. The molecular formula is C12H14Cl2FNO3.